The number of rotatable bonds is 2. The minimum atomic E-state index is 0.401. The van der Waals surface area contributed by atoms with Crippen molar-refractivity contribution in [1.29, 1.82) is 0 Å². The smallest absolute Gasteiger partial charge is 0.137 e. The fourth-order valence-corrected chi connectivity index (χ4v) is 3.29. The molecule has 0 aliphatic carbocycles. The van der Waals surface area contributed by atoms with Crippen LogP contribution in [-0.2, 0) is 0 Å². The van der Waals surface area contributed by atoms with Crippen LogP contribution in [0.3, 0.4) is 0 Å². The Balaban J connectivity index is 1.89. The maximum absolute atomic E-state index is 5.02. The predicted octanol–water partition coefficient (Wildman–Crippen LogP) is 2.88. The minimum Gasteiger partial charge on any atom is -0.351 e. The zero-order valence-corrected chi connectivity index (χ0v) is 14.0. The molecule has 1 aliphatic rings. The number of piperazine rings is 1. The first-order valence-electron chi connectivity index (χ1n) is 8.37. The van der Waals surface area contributed by atoms with Crippen LogP contribution in [-0.4, -0.2) is 40.1 Å². The number of hydrogen-bond donors (Lipinski definition) is 1. The predicted molar refractivity (Wildman–Crippen MR) is 97.0 cm³/mol. The van der Waals surface area contributed by atoms with E-state index in [0.717, 1.165) is 40.9 Å². The summed E-state index contributed by atoms with van der Waals surface area (Å²) in [6.45, 7) is 6.38. The van der Waals surface area contributed by atoms with Crippen LogP contribution in [0.4, 0.5) is 5.82 Å². The first-order valence-corrected chi connectivity index (χ1v) is 8.37. The molecule has 5 nitrogen and oxygen atoms in total. The van der Waals surface area contributed by atoms with Gasteiger partial charge < -0.3 is 10.2 Å². The van der Waals surface area contributed by atoms with E-state index in [0.29, 0.717) is 12.1 Å². The number of fused-ring (bicyclic) bond motifs is 1. The van der Waals surface area contributed by atoms with Gasteiger partial charge in [0.05, 0.1) is 5.69 Å². The Morgan fingerprint density at radius 3 is 2.71 bits per heavy atom. The summed E-state index contributed by atoms with van der Waals surface area (Å²) in [6, 6.07) is 9.02. The van der Waals surface area contributed by atoms with Gasteiger partial charge in [-0.05, 0) is 38.1 Å². The van der Waals surface area contributed by atoms with Crippen LogP contribution < -0.4 is 10.2 Å². The average Bonchev–Trinajstić information content (AvgIpc) is 2.63. The highest BCUT2D eigenvalue weighted by Crippen LogP contribution is 2.31. The normalized spacial score (nSPS) is 21.2. The third-order valence-electron chi connectivity index (χ3n) is 4.62. The summed E-state index contributed by atoms with van der Waals surface area (Å²) in [5.41, 5.74) is 2.04. The molecule has 0 bridgehead atoms. The topological polar surface area (TPSA) is 53.9 Å². The van der Waals surface area contributed by atoms with Gasteiger partial charge in [-0.2, -0.15) is 0 Å². The SMILES string of the molecule is C[C@@H]1CN[C@@H](C)CN1c1nc(-c2ccncc2)cc2cnccc12. The second-order valence-electron chi connectivity index (χ2n) is 6.47. The molecule has 5 heteroatoms. The molecule has 2 atom stereocenters. The Hall–Kier alpha value is -2.53. The molecule has 0 radical (unpaired) electrons. The van der Waals surface area contributed by atoms with Crippen LogP contribution in [0.15, 0.2) is 49.1 Å². The molecular formula is C19H21N5. The molecular weight excluding hydrogens is 298 g/mol. The van der Waals surface area contributed by atoms with Gasteiger partial charge in [0, 0.05) is 66.3 Å². The summed E-state index contributed by atoms with van der Waals surface area (Å²) in [4.78, 5) is 15.8. The first-order chi connectivity index (χ1) is 11.7. The van der Waals surface area contributed by atoms with Crippen LogP contribution in [0.1, 0.15) is 13.8 Å². The van der Waals surface area contributed by atoms with Crippen LogP contribution in [0.2, 0.25) is 0 Å². The molecule has 0 aromatic carbocycles. The molecule has 3 aromatic rings. The Labute approximate surface area is 141 Å². The first kappa shape index (κ1) is 15.0. The largest absolute Gasteiger partial charge is 0.351 e. The van der Waals surface area contributed by atoms with E-state index in [2.05, 4.69) is 46.2 Å². The van der Waals surface area contributed by atoms with E-state index >= 15 is 0 Å². The van der Waals surface area contributed by atoms with E-state index in [-0.39, 0.29) is 0 Å². The quantitative estimate of drug-likeness (QED) is 0.787. The fraction of sp³-hybridized carbons (Fsp3) is 0.316. The second-order valence-corrected chi connectivity index (χ2v) is 6.47. The third kappa shape index (κ3) is 2.71. The summed E-state index contributed by atoms with van der Waals surface area (Å²) < 4.78 is 0. The molecule has 1 N–H and O–H groups in total. The molecule has 3 aromatic heterocycles. The lowest BCUT2D eigenvalue weighted by Crippen LogP contribution is -2.54. The van der Waals surface area contributed by atoms with E-state index in [1.807, 2.05) is 24.5 Å². The van der Waals surface area contributed by atoms with Gasteiger partial charge >= 0.3 is 0 Å². The van der Waals surface area contributed by atoms with Gasteiger partial charge in [0.2, 0.25) is 0 Å². The number of nitrogens with zero attached hydrogens (tertiary/aromatic N) is 4. The lowest BCUT2D eigenvalue weighted by Gasteiger charge is -2.39. The highest BCUT2D eigenvalue weighted by molar-refractivity contribution is 5.94. The van der Waals surface area contributed by atoms with E-state index in [1.54, 1.807) is 12.4 Å². The zero-order chi connectivity index (χ0) is 16.5. The molecule has 0 saturated carbocycles. The number of aromatic nitrogens is 3. The van der Waals surface area contributed by atoms with Gasteiger partial charge in [0.15, 0.2) is 0 Å². The summed E-state index contributed by atoms with van der Waals surface area (Å²) in [5, 5.41) is 5.81. The minimum absolute atomic E-state index is 0.401. The van der Waals surface area contributed by atoms with Crippen molar-refractivity contribution in [2.45, 2.75) is 25.9 Å². The monoisotopic (exact) mass is 319 g/mol. The van der Waals surface area contributed by atoms with Gasteiger partial charge in [0.25, 0.3) is 0 Å². The second kappa shape index (κ2) is 6.17. The number of hydrogen-bond acceptors (Lipinski definition) is 5. The lowest BCUT2D eigenvalue weighted by atomic mass is 10.1. The highest BCUT2D eigenvalue weighted by Gasteiger charge is 2.25. The molecule has 4 heterocycles. The summed E-state index contributed by atoms with van der Waals surface area (Å²) >= 11 is 0. The van der Waals surface area contributed by atoms with Gasteiger partial charge in [-0.1, -0.05) is 0 Å². The van der Waals surface area contributed by atoms with Crippen molar-refractivity contribution in [3.63, 3.8) is 0 Å². The molecule has 0 amide bonds. The Morgan fingerprint density at radius 1 is 1.08 bits per heavy atom. The molecule has 24 heavy (non-hydrogen) atoms. The third-order valence-corrected chi connectivity index (χ3v) is 4.62. The van der Waals surface area contributed by atoms with E-state index in [1.165, 1.54) is 0 Å². The van der Waals surface area contributed by atoms with Gasteiger partial charge in [-0.15, -0.1) is 0 Å². The van der Waals surface area contributed by atoms with Crippen LogP contribution in [0.5, 0.6) is 0 Å². The fourth-order valence-electron chi connectivity index (χ4n) is 3.29. The molecule has 1 saturated heterocycles. The molecule has 1 aliphatic heterocycles. The van der Waals surface area contributed by atoms with Crippen molar-refractivity contribution in [3.05, 3.63) is 49.1 Å². The van der Waals surface area contributed by atoms with Crippen molar-refractivity contribution in [1.82, 2.24) is 20.3 Å². The Kier molecular flexibility index (Phi) is 3.86. The van der Waals surface area contributed by atoms with E-state index in [9.17, 15) is 0 Å². The Morgan fingerprint density at radius 2 is 1.88 bits per heavy atom. The van der Waals surface area contributed by atoms with Gasteiger partial charge in [0.1, 0.15) is 5.82 Å². The molecule has 4 rings (SSSR count). The van der Waals surface area contributed by atoms with Gasteiger partial charge in [-0.25, -0.2) is 4.98 Å². The molecule has 0 spiro atoms. The summed E-state index contributed by atoms with van der Waals surface area (Å²) in [7, 11) is 0. The Bertz CT molecular complexity index is 849. The summed E-state index contributed by atoms with van der Waals surface area (Å²) in [5.74, 6) is 1.04. The molecule has 122 valence electrons. The van der Waals surface area contributed by atoms with Crippen molar-refractivity contribution in [3.8, 4) is 11.3 Å². The lowest BCUT2D eigenvalue weighted by molar-refractivity contribution is 0.423. The van der Waals surface area contributed by atoms with E-state index < -0.39 is 0 Å². The zero-order valence-electron chi connectivity index (χ0n) is 14.0. The number of pyridine rings is 3. The van der Waals surface area contributed by atoms with Crippen molar-refractivity contribution >= 4 is 16.6 Å². The maximum Gasteiger partial charge on any atom is 0.137 e. The van der Waals surface area contributed by atoms with Gasteiger partial charge in [-0.3, -0.25) is 9.97 Å². The standard InChI is InChI=1S/C19H21N5/c1-13-12-24(14(2)10-22-13)19-17-5-8-21-11-16(17)9-18(23-19)15-3-6-20-7-4-15/h3-9,11,13-14,22H,10,12H2,1-2H3/t13-,14+/m0/s1. The highest BCUT2D eigenvalue weighted by atomic mass is 15.3. The number of nitrogens with one attached hydrogen (secondary N) is 1. The van der Waals surface area contributed by atoms with Crippen LogP contribution in [0, 0.1) is 0 Å². The van der Waals surface area contributed by atoms with Crippen molar-refractivity contribution < 1.29 is 0 Å². The van der Waals surface area contributed by atoms with E-state index in [4.69, 9.17) is 4.98 Å². The average molecular weight is 319 g/mol. The van der Waals surface area contributed by atoms with Crippen LogP contribution in [0.25, 0.3) is 22.0 Å². The summed E-state index contributed by atoms with van der Waals surface area (Å²) in [6.07, 6.45) is 7.37. The van der Waals surface area contributed by atoms with Crippen molar-refractivity contribution in [2.24, 2.45) is 0 Å². The number of anilines is 1. The molecule has 1 fully saturated rings. The molecule has 0 unspecified atom stereocenters. The van der Waals surface area contributed by atoms with Crippen LogP contribution >= 0.6 is 0 Å². The maximum atomic E-state index is 5.02. The van der Waals surface area contributed by atoms with Crippen molar-refractivity contribution in [2.75, 3.05) is 18.0 Å².